The van der Waals surface area contributed by atoms with Crippen molar-refractivity contribution in [3.8, 4) is 5.75 Å². The Kier molecular flexibility index (Phi) is 6.61. The maximum atomic E-state index is 12.0. The topological polar surface area (TPSA) is 82.8 Å². The number of hydrogen-bond acceptors (Lipinski definition) is 5. The molecule has 1 aliphatic rings. The van der Waals surface area contributed by atoms with Crippen LogP contribution in [0, 0.1) is 5.92 Å². The fourth-order valence-corrected chi connectivity index (χ4v) is 3.07. The molecule has 0 radical (unpaired) electrons. The summed E-state index contributed by atoms with van der Waals surface area (Å²) in [4.78, 5) is 25.8. The third-order valence-corrected chi connectivity index (χ3v) is 4.22. The maximum Gasteiger partial charge on any atom is 0.287 e. The highest BCUT2D eigenvalue weighted by Crippen LogP contribution is 2.17. The van der Waals surface area contributed by atoms with E-state index < -0.39 is 17.1 Å². The standard InChI is InChI=1S/C18H26N2O4/c1-3-5-13(2)10-20-7-4-6-14(11-20)9-19-18(23)17-8-15(21)16(22)12-24-17/h5,8,12,14,22H,3-4,6-7,9-11H2,1-2H3,(H,19,23)/b13-5+/t14-/m0/s1. The summed E-state index contributed by atoms with van der Waals surface area (Å²) >= 11 is 0. The van der Waals surface area contributed by atoms with Crippen molar-refractivity contribution in [3.05, 3.63) is 40.0 Å². The van der Waals surface area contributed by atoms with Crippen LogP contribution in [0.15, 0.2) is 33.2 Å². The molecule has 1 aliphatic heterocycles. The van der Waals surface area contributed by atoms with E-state index in [1.54, 1.807) is 0 Å². The predicted molar refractivity (Wildman–Crippen MR) is 92.2 cm³/mol. The number of nitrogens with zero attached hydrogens (tertiary/aromatic N) is 1. The Bertz CT molecular complexity index is 651. The summed E-state index contributed by atoms with van der Waals surface area (Å²) in [7, 11) is 0. The van der Waals surface area contributed by atoms with E-state index in [1.165, 1.54) is 5.57 Å². The molecule has 6 heteroatoms. The van der Waals surface area contributed by atoms with Gasteiger partial charge in [0.2, 0.25) is 5.43 Å². The lowest BCUT2D eigenvalue weighted by Crippen LogP contribution is -2.41. The largest absolute Gasteiger partial charge is 0.502 e. The molecule has 24 heavy (non-hydrogen) atoms. The number of aromatic hydroxyl groups is 1. The van der Waals surface area contributed by atoms with E-state index in [4.69, 9.17) is 9.52 Å². The third-order valence-electron chi connectivity index (χ3n) is 4.22. The number of allylic oxidation sites excluding steroid dienone is 1. The summed E-state index contributed by atoms with van der Waals surface area (Å²) in [6.07, 6.45) is 6.39. The average molecular weight is 334 g/mol. The van der Waals surface area contributed by atoms with Crippen LogP contribution in [0.5, 0.6) is 5.75 Å². The Hall–Kier alpha value is -2.08. The molecule has 0 bridgehead atoms. The second-order valence-corrected chi connectivity index (χ2v) is 6.41. The molecule has 0 aromatic carbocycles. The normalized spacial score (nSPS) is 19.2. The summed E-state index contributed by atoms with van der Waals surface area (Å²) in [5.74, 6) is -0.607. The maximum absolute atomic E-state index is 12.0. The minimum absolute atomic E-state index is 0.0767. The molecule has 6 nitrogen and oxygen atoms in total. The Morgan fingerprint density at radius 3 is 3.04 bits per heavy atom. The Morgan fingerprint density at radius 1 is 1.54 bits per heavy atom. The second-order valence-electron chi connectivity index (χ2n) is 6.41. The summed E-state index contributed by atoms with van der Waals surface area (Å²) in [5, 5.41) is 12.0. The highest BCUT2D eigenvalue weighted by Gasteiger charge is 2.21. The first kappa shape index (κ1) is 18.3. The van der Waals surface area contributed by atoms with Crippen LogP contribution in [0.3, 0.4) is 0 Å². The van der Waals surface area contributed by atoms with Crippen LogP contribution in [0.1, 0.15) is 43.7 Å². The van der Waals surface area contributed by atoms with Crippen molar-refractivity contribution in [2.75, 3.05) is 26.2 Å². The molecule has 0 spiro atoms. The molecule has 1 aromatic heterocycles. The van der Waals surface area contributed by atoms with Gasteiger partial charge < -0.3 is 14.8 Å². The minimum atomic E-state index is -0.617. The molecule has 0 aliphatic carbocycles. The van der Waals surface area contributed by atoms with Gasteiger partial charge in [0, 0.05) is 25.7 Å². The van der Waals surface area contributed by atoms with Crippen molar-refractivity contribution in [1.82, 2.24) is 10.2 Å². The van der Waals surface area contributed by atoms with Gasteiger partial charge in [-0.05, 0) is 38.6 Å². The van der Waals surface area contributed by atoms with Crippen molar-refractivity contribution in [2.45, 2.75) is 33.1 Å². The summed E-state index contributed by atoms with van der Waals surface area (Å²) in [6, 6.07) is 1.01. The van der Waals surface area contributed by atoms with Gasteiger partial charge in [0.15, 0.2) is 11.5 Å². The molecule has 1 atom stereocenters. The van der Waals surface area contributed by atoms with E-state index >= 15 is 0 Å². The van der Waals surface area contributed by atoms with Gasteiger partial charge in [-0.25, -0.2) is 0 Å². The molecule has 0 saturated carbocycles. The van der Waals surface area contributed by atoms with Crippen molar-refractivity contribution in [2.24, 2.45) is 5.92 Å². The number of nitrogens with one attached hydrogen (secondary N) is 1. The lowest BCUT2D eigenvalue weighted by Gasteiger charge is -2.33. The number of hydrogen-bond donors (Lipinski definition) is 2. The van der Waals surface area contributed by atoms with Gasteiger partial charge in [0.1, 0.15) is 6.26 Å². The van der Waals surface area contributed by atoms with Gasteiger partial charge in [-0.1, -0.05) is 18.6 Å². The number of amides is 1. The first-order valence-electron chi connectivity index (χ1n) is 8.47. The van der Waals surface area contributed by atoms with Gasteiger partial charge in [-0.15, -0.1) is 0 Å². The van der Waals surface area contributed by atoms with Crippen molar-refractivity contribution < 1.29 is 14.3 Å². The zero-order valence-electron chi connectivity index (χ0n) is 14.4. The van der Waals surface area contributed by atoms with Gasteiger partial charge in [-0.3, -0.25) is 14.5 Å². The monoisotopic (exact) mass is 334 g/mol. The van der Waals surface area contributed by atoms with Crippen LogP contribution in [-0.2, 0) is 0 Å². The minimum Gasteiger partial charge on any atom is -0.502 e. The molecule has 2 N–H and O–H groups in total. The van der Waals surface area contributed by atoms with E-state index in [0.29, 0.717) is 12.5 Å². The highest BCUT2D eigenvalue weighted by molar-refractivity contribution is 5.91. The van der Waals surface area contributed by atoms with Crippen LogP contribution < -0.4 is 10.7 Å². The average Bonchev–Trinajstić information content (AvgIpc) is 2.55. The lowest BCUT2D eigenvalue weighted by molar-refractivity contribution is 0.0903. The summed E-state index contributed by atoms with van der Waals surface area (Å²) in [5.41, 5.74) is 0.765. The molecule has 1 saturated heterocycles. The van der Waals surface area contributed by atoms with E-state index in [1.807, 2.05) is 0 Å². The van der Waals surface area contributed by atoms with Crippen LogP contribution >= 0.6 is 0 Å². The fraction of sp³-hybridized carbons (Fsp3) is 0.556. The van der Waals surface area contributed by atoms with Crippen LogP contribution in [0.25, 0.3) is 0 Å². The number of piperidine rings is 1. The Labute approximate surface area is 142 Å². The van der Waals surface area contributed by atoms with Gasteiger partial charge in [0.05, 0.1) is 0 Å². The van der Waals surface area contributed by atoms with Crippen LogP contribution in [-0.4, -0.2) is 42.1 Å². The summed E-state index contributed by atoms with van der Waals surface area (Å²) in [6.45, 7) is 7.86. The van der Waals surface area contributed by atoms with Gasteiger partial charge in [-0.2, -0.15) is 0 Å². The Morgan fingerprint density at radius 2 is 2.33 bits per heavy atom. The third kappa shape index (κ3) is 5.23. The first-order chi connectivity index (χ1) is 11.5. The summed E-state index contributed by atoms with van der Waals surface area (Å²) < 4.78 is 4.96. The van der Waals surface area contributed by atoms with Crippen molar-refractivity contribution >= 4 is 5.91 Å². The second kappa shape index (κ2) is 8.68. The molecule has 1 fully saturated rings. The predicted octanol–water partition coefficient (Wildman–Crippen LogP) is 2.14. The lowest BCUT2D eigenvalue weighted by atomic mass is 9.97. The SMILES string of the molecule is CC/C=C(\C)CN1CCC[C@@H](CNC(=O)c2cc(=O)c(O)co2)C1. The van der Waals surface area contributed by atoms with Gasteiger partial charge >= 0.3 is 0 Å². The number of carbonyl (C=O) groups is 1. The van der Waals surface area contributed by atoms with Gasteiger partial charge in [0.25, 0.3) is 5.91 Å². The zero-order chi connectivity index (χ0) is 17.5. The van der Waals surface area contributed by atoms with Crippen LogP contribution in [0.2, 0.25) is 0 Å². The van der Waals surface area contributed by atoms with E-state index in [0.717, 1.165) is 51.2 Å². The van der Waals surface area contributed by atoms with E-state index in [-0.39, 0.29) is 5.76 Å². The van der Waals surface area contributed by atoms with E-state index in [2.05, 4.69) is 30.1 Å². The number of rotatable bonds is 6. The number of carbonyl (C=O) groups excluding carboxylic acids is 1. The zero-order valence-corrected chi connectivity index (χ0v) is 14.4. The van der Waals surface area contributed by atoms with Crippen LogP contribution in [0.4, 0.5) is 0 Å². The van der Waals surface area contributed by atoms with Crippen molar-refractivity contribution in [1.29, 1.82) is 0 Å². The molecule has 1 amide bonds. The fourth-order valence-electron chi connectivity index (χ4n) is 3.07. The molecular weight excluding hydrogens is 308 g/mol. The molecular formula is C18H26N2O4. The molecule has 132 valence electrons. The van der Waals surface area contributed by atoms with Crippen molar-refractivity contribution in [3.63, 3.8) is 0 Å². The smallest absolute Gasteiger partial charge is 0.287 e. The first-order valence-corrected chi connectivity index (χ1v) is 8.47. The molecule has 2 rings (SSSR count). The molecule has 1 aromatic rings. The molecule has 2 heterocycles. The van der Waals surface area contributed by atoms with E-state index in [9.17, 15) is 9.59 Å². The number of likely N-dealkylation sites (tertiary alicyclic amines) is 1. The highest BCUT2D eigenvalue weighted by atomic mass is 16.4. The Balaban J connectivity index is 1.84. The molecule has 0 unspecified atom stereocenters. The quantitative estimate of drug-likeness (QED) is 0.779.